The summed E-state index contributed by atoms with van der Waals surface area (Å²) in [6.45, 7) is 0.247. The zero-order valence-corrected chi connectivity index (χ0v) is 8.65. The van der Waals surface area contributed by atoms with E-state index in [1.54, 1.807) is 0 Å². The Kier molecular flexibility index (Phi) is 3.03. The van der Waals surface area contributed by atoms with Crippen molar-refractivity contribution < 1.29 is 14.3 Å². The van der Waals surface area contributed by atoms with Crippen LogP contribution in [0.4, 0.5) is 0 Å². The molecular weight excluding hydrogens is 194 g/mol. The Hall–Kier alpha value is -0.920. The summed E-state index contributed by atoms with van der Waals surface area (Å²) >= 11 is 0. The van der Waals surface area contributed by atoms with Crippen LogP contribution in [0.25, 0.3) is 0 Å². The van der Waals surface area contributed by atoms with Crippen LogP contribution >= 0.6 is 0 Å². The molecule has 15 heavy (non-hydrogen) atoms. The number of carbonyl (C=O) groups is 1. The van der Waals surface area contributed by atoms with Crippen LogP contribution in [0.5, 0.6) is 0 Å². The van der Waals surface area contributed by atoms with E-state index < -0.39 is 17.6 Å². The number of aldehydes is 1. The number of nitriles is 1. The molecule has 4 nitrogen and oxygen atoms in total. The molecule has 0 N–H and O–H groups in total. The molecule has 2 fully saturated rings. The van der Waals surface area contributed by atoms with Crippen LogP contribution in [0.1, 0.15) is 32.1 Å². The van der Waals surface area contributed by atoms with Crippen molar-refractivity contribution in [1.82, 2.24) is 0 Å². The molecule has 1 saturated heterocycles. The third-order valence-electron chi connectivity index (χ3n) is 3.51. The third-order valence-corrected chi connectivity index (χ3v) is 3.51. The first kappa shape index (κ1) is 10.6. The third kappa shape index (κ3) is 1.77. The van der Waals surface area contributed by atoms with Gasteiger partial charge in [0.1, 0.15) is 6.29 Å². The van der Waals surface area contributed by atoms with Crippen molar-refractivity contribution in [3.8, 4) is 6.07 Å². The normalized spacial score (nSPS) is 27.4. The Bertz CT molecular complexity index is 274. The number of ether oxygens (including phenoxy) is 2. The van der Waals surface area contributed by atoms with Crippen LogP contribution < -0.4 is 0 Å². The lowest BCUT2D eigenvalue weighted by Gasteiger charge is -2.41. The van der Waals surface area contributed by atoms with Gasteiger partial charge in [0.2, 0.25) is 0 Å². The Morgan fingerprint density at radius 2 is 2.00 bits per heavy atom. The number of hydrogen-bond acceptors (Lipinski definition) is 4. The molecule has 0 aromatic heterocycles. The molecule has 0 radical (unpaired) electrons. The van der Waals surface area contributed by atoms with Gasteiger partial charge in [-0.15, -0.1) is 0 Å². The molecule has 1 saturated carbocycles. The molecule has 0 bridgehead atoms. The van der Waals surface area contributed by atoms with Gasteiger partial charge >= 0.3 is 0 Å². The van der Waals surface area contributed by atoms with Crippen LogP contribution in [0.2, 0.25) is 0 Å². The van der Waals surface area contributed by atoms with Gasteiger partial charge in [0.15, 0.2) is 13.1 Å². The maximum atomic E-state index is 11.1. The van der Waals surface area contributed by atoms with Gasteiger partial charge in [-0.05, 0) is 12.8 Å². The number of nitrogens with zero attached hydrogens (tertiary/aromatic N) is 1. The van der Waals surface area contributed by atoms with Gasteiger partial charge in [-0.25, -0.2) is 0 Å². The highest BCUT2D eigenvalue weighted by Crippen LogP contribution is 2.44. The number of hydrogen-bond donors (Lipinski definition) is 0. The van der Waals surface area contributed by atoms with Gasteiger partial charge in [-0.1, -0.05) is 19.3 Å². The minimum absolute atomic E-state index is 0.247. The lowest BCUT2D eigenvalue weighted by atomic mass is 9.67. The summed E-state index contributed by atoms with van der Waals surface area (Å²) in [4.78, 5) is 11.1. The molecule has 2 rings (SSSR count). The van der Waals surface area contributed by atoms with E-state index in [4.69, 9.17) is 9.47 Å². The van der Waals surface area contributed by atoms with E-state index >= 15 is 0 Å². The fraction of sp³-hybridized carbons (Fsp3) is 0.818. The smallest absolute Gasteiger partial charge is 0.174 e. The quantitative estimate of drug-likeness (QED) is 0.662. The van der Waals surface area contributed by atoms with E-state index in [0.29, 0.717) is 0 Å². The Balaban J connectivity index is 2.14. The van der Waals surface area contributed by atoms with Crippen LogP contribution in [0, 0.1) is 22.7 Å². The first-order valence-corrected chi connectivity index (χ1v) is 5.42. The Morgan fingerprint density at radius 3 is 2.40 bits per heavy atom. The van der Waals surface area contributed by atoms with Gasteiger partial charge in [0, 0.05) is 0 Å². The molecule has 1 unspecified atom stereocenters. The van der Waals surface area contributed by atoms with Crippen molar-refractivity contribution in [2.45, 2.75) is 38.4 Å². The fourth-order valence-corrected chi connectivity index (χ4v) is 2.51. The molecular formula is C11H15NO3. The molecule has 4 heteroatoms. The number of rotatable bonds is 3. The van der Waals surface area contributed by atoms with E-state index in [1.807, 2.05) is 0 Å². The first-order chi connectivity index (χ1) is 7.32. The predicted molar refractivity (Wildman–Crippen MR) is 51.5 cm³/mol. The minimum atomic E-state index is -0.551. The van der Waals surface area contributed by atoms with Crippen molar-refractivity contribution >= 4 is 6.29 Å². The van der Waals surface area contributed by atoms with Gasteiger partial charge in [0.25, 0.3) is 0 Å². The van der Waals surface area contributed by atoms with Gasteiger partial charge in [0.05, 0.1) is 17.4 Å². The molecule has 0 aromatic carbocycles. The van der Waals surface area contributed by atoms with Crippen molar-refractivity contribution in [1.29, 1.82) is 5.26 Å². The van der Waals surface area contributed by atoms with E-state index in [2.05, 4.69) is 6.07 Å². The highest BCUT2D eigenvalue weighted by Gasteiger charge is 2.47. The SMILES string of the molecule is N#CC1(C(C=O)C2OCO2)CCCCC1. The van der Waals surface area contributed by atoms with Gasteiger partial charge in [-0.2, -0.15) is 5.26 Å². The van der Waals surface area contributed by atoms with E-state index in [9.17, 15) is 10.1 Å². The largest absolute Gasteiger partial charge is 0.326 e. The molecule has 1 atom stereocenters. The van der Waals surface area contributed by atoms with E-state index in [0.717, 1.165) is 38.4 Å². The van der Waals surface area contributed by atoms with Crippen molar-refractivity contribution in [3.63, 3.8) is 0 Å². The second-order valence-corrected chi connectivity index (χ2v) is 4.31. The average Bonchev–Trinajstić information content (AvgIpc) is 2.24. The molecule has 0 spiro atoms. The molecule has 1 heterocycles. The van der Waals surface area contributed by atoms with Crippen molar-refractivity contribution in [3.05, 3.63) is 0 Å². The molecule has 1 aliphatic heterocycles. The van der Waals surface area contributed by atoms with Gasteiger partial charge in [-0.3, -0.25) is 0 Å². The minimum Gasteiger partial charge on any atom is -0.326 e. The molecule has 2 aliphatic rings. The Morgan fingerprint density at radius 1 is 1.33 bits per heavy atom. The second-order valence-electron chi connectivity index (χ2n) is 4.31. The highest BCUT2D eigenvalue weighted by atomic mass is 16.8. The summed E-state index contributed by atoms with van der Waals surface area (Å²) in [7, 11) is 0. The topological polar surface area (TPSA) is 59.3 Å². The van der Waals surface area contributed by atoms with E-state index in [-0.39, 0.29) is 6.79 Å². The maximum absolute atomic E-state index is 11.1. The zero-order chi connectivity index (χ0) is 10.7. The summed E-state index contributed by atoms with van der Waals surface area (Å²) in [6, 6.07) is 2.33. The number of carbonyl (C=O) groups excluding carboxylic acids is 1. The van der Waals surface area contributed by atoms with Gasteiger partial charge < -0.3 is 14.3 Å². The summed E-state index contributed by atoms with van der Waals surface area (Å²) in [5.41, 5.74) is -0.551. The monoisotopic (exact) mass is 209 g/mol. The summed E-state index contributed by atoms with van der Waals surface area (Å²) in [5.74, 6) is -0.420. The Labute approximate surface area is 89.2 Å². The average molecular weight is 209 g/mol. The summed E-state index contributed by atoms with van der Waals surface area (Å²) in [6.07, 6.45) is 5.11. The van der Waals surface area contributed by atoms with Crippen LogP contribution in [-0.4, -0.2) is 19.4 Å². The summed E-state index contributed by atoms with van der Waals surface area (Å²) in [5, 5.41) is 9.29. The predicted octanol–water partition coefficient (Wildman–Crippen LogP) is 1.61. The summed E-state index contributed by atoms with van der Waals surface area (Å²) < 4.78 is 10.3. The molecule has 82 valence electrons. The maximum Gasteiger partial charge on any atom is 0.174 e. The van der Waals surface area contributed by atoms with Crippen LogP contribution in [0.3, 0.4) is 0 Å². The lowest BCUT2D eigenvalue weighted by molar-refractivity contribution is -0.342. The molecule has 0 aromatic rings. The molecule has 0 amide bonds. The molecule has 1 aliphatic carbocycles. The van der Waals surface area contributed by atoms with Crippen molar-refractivity contribution in [2.75, 3.05) is 6.79 Å². The zero-order valence-electron chi connectivity index (χ0n) is 8.65. The standard InChI is InChI=1S/C11H15NO3/c12-7-11(4-2-1-3-5-11)9(6-13)10-14-8-15-10/h6,9-10H,1-5,8H2. The van der Waals surface area contributed by atoms with E-state index in [1.165, 1.54) is 0 Å². The van der Waals surface area contributed by atoms with Crippen LogP contribution in [-0.2, 0) is 14.3 Å². The van der Waals surface area contributed by atoms with Crippen LogP contribution in [0.15, 0.2) is 0 Å². The second kappa shape index (κ2) is 4.30. The lowest BCUT2D eigenvalue weighted by Crippen LogP contribution is -2.47. The fourth-order valence-electron chi connectivity index (χ4n) is 2.51. The first-order valence-electron chi connectivity index (χ1n) is 5.42. The highest BCUT2D eigenvalue weighted by molar-refractivity contribution is 5.57. The van der Waals surface area contributed by atoms with Crippen molar-refractivity contribution in [2.24, 2.45) is 11.3 Å².